The van der Waals surface area contributed by atoms with Gasteiger partial charge >= 0.3 is 0 Å². The summed E-state index contributed by atoms with van der Waals surface area (Å²) in [5.41, 5.74) is 4.68. The molecule has 0 saturated carbocycles. The van der Waals surface area contributed by atoms with E-state index in [1.54, 1.807) is 12.1 Å². The lowest BCUT2D eigenvalue weighted by molar-refractivity contribution is -0.114. The summed E-state index contributed by atoms with van der Waals surface area (Å²) in [6, 6.07) is 23.5. The number of amides is 2. The highest BCUT2D eigenvalue weighted by atomic mass is 32.2. The molecule has 0 saturated heterocycles. The van der Waals surface area contributed by atoms with E-state index in [0.717, 1.165) is 33.7 Å². The molecule has 1 aliphatic heterocycles. The number of anilines is 1. The third kappa shape index (κ3) is 6.45. The Hall–Kier alpha value is -3.35. The SMILES string of the molecule is Cc1ccccc1CN1C(=O)C(=Cc2ccc(C(=O)NCCCOC(C)C)cc2)Sc2ccccc21. The third-order valence-electron chi connectivity index (χ3n) is 5.95. The molecular formula is C30H32N2O3S. The van der Waals surface area contributed by atoms with Gasteiger partial charge < -0.3 is 15.0 Å². The predicted octanol–water partition coefficient (Wildman–Crippen LogP) is 6.22. The van der Waals surface area contributed by atoms with E-state index in [1.165, 1.54) is 11.8 Å². The molecule has 5 nitrogen and oxygen atoms in total. The van der Waals surface area contributed by atoms with Crippen LogP contribution in [0.5, 0.6) is 0 Å². The van der Waals surface area contributed by atoms with Crippen LogP contribution in [0.1, 0.15) is 47.3 Å². The second kappa shape index (κ2) is 12.1. The Morgan fingerprint density at radius 2 is 1.75 bits per heavy atom. The number of carbonyl (C=O) groups excluding carboxylic acids is 2. The summed E-state index contributed by atoms with van der Waals surface area (Å²) in [7, 11) is 0. The largest absolute Gasteiger partial charge is 0.379 e. The molecule has 36 heavy (non-hydrogen) atoms. The van der Waals surface area contributed by atoms with Gasteiger partial charge in [0.15, 0.2) is 0 Å². The van der Waals surface area contributed by atoms with Crippen LogP contribution < -0.4 is 10.2 Å². The number of fused-ring (bicyclic) bond motifs is 1. The van der Waals surface area contributed by atoms with E-state index in [4.69, 9.17) is 4.74 Å². The first-order valence-electron chi connectivity index (χ1n) is 12.3. The molecule has 0 aromatic heterocycles. The summed E-state index contributed by atoms with van der Waals surface area (Å²) in [6.07, 6.45) is 2.87. The van der Waals surface area contributed by atoms with Crippen molar-refractivity contribution in [2.75, 3.05) is 18.1 Å². The Morgan fingerprint density at radius 1 is 1.03 bits per heavy atom. The lowest BCUT2D eigenvalue weighted by Crippen LogP contribution is -2.33. The Bertz CT molecular complexity index is 1250. The van der Waals surface area contributed by atoms with Crippen LogP contribution in [0.15, 0.2) is 82.6 Å². The van der Waals surface area contributed by atoms with Crippen LogP contribution in [0.25, 0.3) is 6.08 Å². The Kier molecular flexibility index (Phi) is 8.62. The van der Waals surface area contributed by atoms with E-state index in [1.807, 2.05) is 73.4 Å². The summed E-state index contributed by atoms with van der Waals surface area (Å²) in [4.78, 5) is 29.6. The zero-order chi connectivity index (χ0) is 25.5. The van der Waals surface area contributed by atoms with Crippen molar-refractivity contribution in [3.8, 4) is 0 Å². The molecule has 0 radical (unpaired) electrons. The van der Waals surface area contributed by atoms with Gasteiger partial charge in [0.25, 0.3) is 11.8 Å². The molecule has 2 amide bonds. The zero-order valence-electron chi connectivity index (χ0n) is 21.0. The van der Waals surface area contributed by atoms with Crippen LogP contribution in [0.3, 0.4) is 0 Å². The molecule has 0 aliphatic carbocycles. The minimum atomic E-state index is -0.111. The summed E-state index contributed by atoms with van der Waals surface area (Å²) in [5.74, 6) is -0.132. The molecule has 3 aromatic rings. The number of aryl methyl sites for hydroxylation is 1. The number of carbonyl (C=O) groups is 2. The zero-order valence-corrected chi connectivity index (χ0v) is 21.8. The summed E-state index contributed by atoms with van der Waals surface area (Å²) < 4.78 is 5.50. The highest BCUT2D eigenvalue weighted by Crippen LogP contribution is 2.42. The van der Waals surface area contributed by atoms with E-state index < -0.39 is 0 Å². The van der Waals surface area contributed by atoms with Crippen LogP contribution in [-0.4, -0.2) is 31.1 Å². The number of thioether (sulfide) groups is 1. The van der Waals surface area contributed by atoms with Crippen molar-refractivity contribution in [3.63, 3.8) is 0 Å². The van der Waals surface area contributed by atoms with Gasteiger partial charge in [0.2, 0.25) is 0 Å². The molecule has 3 aromatic carbocycles. The molecule has 1 aliphatic rings. The van der Waals surface area contributed by atoms with Gasteiger partial charge in [-0.25, -0.2) is 0 Å². The number of nitrogens with zero attached hydrogens (tertiary/aromatic N) is 1. The number of hydrogen-bond donors (Lipinski definition) is 1. The van der Waals surface area contributed by atoms with Crippen molar-refractivity contribution in [2.24, 2.45) is 0 Å². The van der Waals surface area contributed by atoms with E-state index in [2.05, 4.69) is 24.4 Å². The van der Waals surface area contributed by atoms with Gasteiger partial charge in [0.1, 0.15) is 0 Å². The highest BCUT2D eigenvalue weighted by molar-refractivity contribution is 8.04. The minimum Gasteiger partial charge on any atom is -0.379 e. The number of ether oxygens (including phenoxy) is 1. The first-order chi connectivity index (χ1) is 17.4. The summed E-state index contributed by atoms with van der Waals surface area (Å²) in [6.45, 7) is 7.77. The predicted molar refractivity (Wildman–Crippen MR) is 147 cm³/mol. The molecule has 0 unspecified atom stereocenters. The fraction of sp³-hybridized carbons (Fsp3) is 0.267. The van der Waals surface area contributed by atoms with Gasteiger partial charge in [-0.2, -0.15) is 0 Å². The van der Waals surface area contributed by atoms with Crippen LogP contribution >= 0.6 is 11.8 Å². The molecular weight excluding hydrogens is 468 g/mol. The fourth-order valence-electron chi connectivity index (χ4n) is 3.95. The Morgan fingerprint density at radius 3 is 2.50 bits per heavy atom. The molecule has 0 atom stereocenters. The van der Waals surface area contributed by atoms with Gasteiger partial charge in [-0.05, 0) is 74.2 Å². The minimum absolute atomic E-state index is 0.0209. The normalized spacial score (nSPS) is 14.3. The van der Waals surface area contributed by atoms with Gasteiger partial charge in [0, 0.05) is 23.6 Å². The van der Waals surface area contributed by atoms with Crippen molar-refractivity contribution in [1.82, 2.24) is 5.32 Å². The fourth-order valence-corrected chi connectivity index (χ4v) is 5.01. The maximum atomic E-state index is 13.6. The monoisotopic (exact) mass is 500 g/mol. The number of benzene rings is 3. The smallest absolute Gasteiger partial charge is 0.265 e. The van der Waals surface area contributed by atoms with Crippen LogP contribution in [0, 0.1) is 6.92 Å². The van der Waals surface area contributed by atoms with E-state index in [9.17, 15) is 9.59 Å². The standard InChI is InChI=1S/C30H32N2O3S/c1-21(2)35-18-8-17-31-29(33)24-15-13-23(14-16-24)19-28-30(34)32(20-25-10-5-4-9-22(25)3)26-11-6-7-12-27(26)36-28/h4-7,9-16,19,21H,8,17-18,20H2,1-3H3,(H,31,33). The molecule has 6 heteroatoms. The van der Waals surface area contributed by atoms with Gasteiger partial charge in [0.05, 0.1) is 23.2 Å². The third-order valence-corrected chi connectivity index (χ3v) is 7.03. The molecule has 1 N–H and O–H groups in total. The molecule has 1 heterocycles. The van der Waals surface area contributed by atoms with E-state index >= 15 is 0 Å². The van der Waals surface area contributed by atoms with Crippen LogP contribution in [0.4, 0.5) is 5.69 Å². The molecule has 0 bridgehead atoms. The number of rotatable bonds is 9. The number of hydrogen-bond acceptors (Lipinski definition) is 4. The van der Waals surface area contributed by atoms with Gasteiger partial charge in [-0.1, -0.05) is 60.3 Å². The second-order valence-corrected chi connectivity index (χ2v) is 10.1. The molecule has 4 rings (SSSR count). The topological polar surface area (TPSA) is 58.6 Å². The van der Waals surface area contributed by atoms with Crippen molar-refractivity contribution >= 4 is 35.3 Å². The van der Waals surface area contributed by atoms with Crippen molar-refractivity contribution < 1.29 is 14.3 Å². The van der Waals surface area contributed by atoms with Crippen molar-refractivity contribution in [2.45, 2.75) is 44.7 Å². The van der Waals surface area contributed by atoms with Crippen molar-refractivity contribution in [3.05, 3.63) is 100.0 Å². The second-order valence-electron chi connectivity index (χ2n) is 9.05. The Labute approximate surface area is 217 Å². The van der Waals surface area contributed by atoms with Crippen molar-refractivity contribution in [1.29, 1.82) is 0 Å². The van der Waals surface area contributed by atoms with E-state index in [-0.39, 0.29) is 17.9 Å². The average molecular weight is 501 g/mol. The van der Waals surface area contributed by atoms with Crippen LogP contribution in [0.2, 0.25) is 0 Å². The lowest BCUT2D eigenvalue weighted by atomic mass is 10.1. The Balaban J connectivity index is 1.48. The maximum absolute atomic E-state index is 13.6. The number of para-hydroxylation sites is 1. The maximum Gasteiger partial charge on any atom is 0.265 e. The van der Waals surface area contributed by atoms with Gasteiger partial charge in [-0.3, -0.25) is 9.59 Å². The molecule has 0 spiro atoms. The highest BCUT2D eigenvalue weighted by Gasteiger charge is 2.29. The van der Waals surface area contributed by atoms with Gasteiger partial charge in [-0.15, -0.1) is 0 Å². The average Bonchev–Trinajstić information content (AvgIpc) is 2.87. The van der Waals surface area contributed by atoms with Crippen LogP contribution in [-0.2, 0) is 16.1 Å². The lowest BCUT2D eigenvalue weighted by Gasteiger charge is -2.31. The molecule has 186 valence electrons. The summed E-state index contributed by atoms with van der Waals surface area (Å²) in [5, 5.41) is 2.93. The first-order valence-corrected chi connectivity index (χ1v) is 13.1. The quantitative estimate of drug-likeness (QED) is 0.280. The number of nitrogens with one attached hydrogen (secondary N) is 1. The molecule has 0 fully saturated rings. The van der Waals surface area contributed by atoms with E-state index in [0.29, 0.717) is 30.2 Å². The first kappa shape index (κ1) is 25.7. The summed E-state index contributed by atoms with van der Waals surface area (Å²) >= 11 is 1.49.